The van der Waals surface area contributed by atoms with Gasteiger partial charge in [0.2, 0.25) is 5.91 Å². The highest BCUT2D eigenvalue weighted by molar-refractivity contribution is 6.31. The Morgan fingerprint density at radius 3 is 2.72 bits per heavy atom. The van der Waals surface area contributed by atoms with Crippen LogP contribution in [0.3, 0.4) is 0 Å². The predicted octanol–water partition coefficient (Wildman–Crippen LogP) is 2.88. The molecule has 7 heteroatoms. The van der Waals surface area contributed by atoms with Gasteiger partial charge in [-0.3, -0.25) is 14.3 Å². The second-order valence-electron chi connectivity index (χ2n) is 6.26. The number of aryl methyl sites for hydroxylation is 2. The van der Waals surface area contributed by atoms with Crippen molar-refractivity contribution in [2.45, 2.75) is 25.7 Å². The molecule has 2 heterocycles. The number of hydrogen-bond donors (Lipinski definition) is 1. The molecule has 0 bridgehead atoms. The minimum absolute atomic E-state index is 0.0810. The summed E-state index contributed by atoms with van der Waals surface area (Å²) in [6.07, 6.45) is 6.59. The van der Waals surface area contributed by atoms with E-state index < -0.39 is 0 Å². The van der Waals surface area contributed by atoms with E-state index in [0.717, 1.165) is 31.5 Å². The van der Waals surface area contributed by atoms with E-state index in [2.05, 4.69) is 10.4 Å². The van der Waals surface area contributed by atoms with E-state index >= 15 is 0 Å². The largest absolute Gasteiger partial charge is 0.339 e. The zero-order valence-corrected chi connectivity index (χ0v) is 14.9. The molecule has 0 radical (unpaired) electrons. The van der Waals surface area contributed by atoms with Crippen LogP contribution in [0.25, 0.3) is 0 Å². The Morgan fingerprint density at radius 2 is 2.04 bits per heavy atom. The molecular formula is C18H21ClN4O2. The molecule has 2 amide bonds. The fraction of sp³-hybridized carbons (Fsp3) is 0.389. The number of hydrogen-bond acceptors (Lipinski definition) is 3. The van der Waals surface area contributed by atoms with Crippen LogP contribution in [0, 0.1) is 0 Å². The summed E-state index contributed by atoms with van der Waals surface area (Å²) >= 11 is 6.05. The number of carbonyl (C=O) groups is 2. The Hall–Kier alpha value is -2.34. The van der Waals surface area contributed by atoms with Crippen LogP contribution in [0.4, 0.5) is 5.69 Å². The van der Waals surface area contributed by atoms with Gasteiger partial charge in [-0.05, 0) is 43.0 Å². The summed E-state index contributed by atoms with van der Waals surface area (Å²) in [7, 11) is 1.84. The summed E-state index contributed by atoms with van der Waals surface area (Å²) in [6.45, 7) is 1.50. The van der Waals surface area contributed by atoms with Crippen LogP contribution in [-0.2, 0) is 18.3 Å². The fourth-order valence-corrected chi connectivity index (χ4v) is 3.14. The molecule has 25 heavy (non-hydrogen) atoms. The monoisotopic (exact) mass is 360 g/mol. The van der Waals surface area contributed by atoms with E-state index in [1.54, 1.807) is 34.0 Å². The van der Waals surface area contributed by atoms with Crippen LogP contribution >= 0.6 is 11.6 Å². The smallest absolute Gasteiger partial charge is 0.256 e. The molecule has 1 aromatic heterocycles. The number of amides is 2. The number of halogens is 1. The number of nitrogens with zero attached hydrogens (tertiary/aromatic N) is 3. The van der Waals surface area contributed by atoms with Crippen molar-refractivity contribution in [3.05, 3.63) is 46.7 Å². The molecule has 0 spiro atoms. The van der Waals surface area contributed by atoms with E-state index in [9.17, 15) is 9.59 Å². The Bertz CT molecular complexity index is 781. The summed E-state index contributed by atoms with van der Waals surface area (Å²) in [5, 5.41) is 7.42. The highest BCUT2D eigenvalue weighted by atomic mass is 35.5. The van der Waals surface area contributed by atoms with Gasteiger partial charge in [-0.1, -0.05) is 11.6 Å². The van der Waals surface area contributed by atoms with Gasteiger partial charge in [-0.25, -0.2) is 0 Å². The van der Waals surface area contributed by atoms with Crippen molar-refractivity contribution in [2.24, 2.45) is 7.05 Å². The van der Waals surface area contributed by atoms with Crippen LogP contribution in [0.15, 0.2) is 30.6 Å². The lowest BCUT2D eigenvalue weighted by Crippen LogP contribution is -2.29. The van der Waals surface area contributed by atoms with Gasteiger partial charge < -0.3 is 10.2 Å². The molecule has 1 N–H and O–H groups in total. The lowest BCUT2D eigenvalue weighted by Gasteiger charge is -2.18. The molecule has 1 fully saturated rings. The average molecular weight is 361 g/mol. The first kappa shape index (κ1) is 17.5. The molecule has 1 aliphatic rings. The third kappa shape index (κ3) is 4.39. The predicted molar refractivity (Wildman–Crippen MR) is 96.7 cm³/mol. The molecule has 1 saturated heterocycles. The minimum Gasteiger partial charge on any atom is -0.339 e. The van der Waals surface area contributed by atoms with Crippen LogP contribution in [0.5, 0.6) is 0 Å². The third-order valence-corrected chi connectivity index (χ3v) is 4.51. The number of aromatic nitrogens is 2. The normalized spacial score (nSPS) is 13.9. The van der Waals surface area contributed by atoms with Gasteiger partial charge in [-0.15, -0.1) is 0 Å². The highest BCUT2D eigenvalue weighted by Gasteiger charge is 2.22. The summed E-state index contributed by atoms with van der Waals surface area (Å²) in [6, 6.07) is 4.99. The fourth-order valence-electron chi connectivity index (χ4n) is 2.96. The lowest BCUT2D eigenvalue weighted by molar-refractivity contribution is -0.116. The zero-order chi connectivity index (χ0) is 17.8. The Labute approximate surface area is 151 Å². The molecule has 0 atom stereocenters. The van der Waals surface area contributed by atoms with Crippen molar-refractivity contribution < 1.29 is 9.59 Å². The number of rotatable bonds is 5. The molecule has 0 unspecified atom stereocenters. The average Bonchev–Trinajstić information content (AvgIpc) is 3.25. The number of anilines is 1. The molecule has 0 saturated carbocycles. The molecule has 0 aliphatic carbocycles. The molecule has 2 aromatic rings. The summed E-state index contributed by atoms with van der Waals surface area (Å²) in [4.78, 5) is 26.8. The van der Waals surface area contributed by atoms with Crippen LogP contribution in [0.1, 0.15) is 35.2 Å². The van der Waals surface area contributed by atoms with Crippen LogP contribution in [0.2, 0.25) is 5.02 Å². The standard InChI is InChI=1S/C18H21ClN4O2/c1-22-12-13(11-20-22)4-7-17(24)21-16-6-5-14(19)10-15(16)18(25)23-8-2-3-9-23/h5-6,10-12H,2-4,7-9H2,1H3,(H,21,24). The Morgan fingerprint density at radius 1 is 1.28 bits per heavy atom. The summed E-state index contributed by atoms with van der Waals surface area (Å²) < 4.78 is 1.71. The van der Waals surface area contributed by atoms with Gasteiger partial charge in [0.25, 0.3) is 5.91 Å². The Kier molecular flexibility index (Phi) is 5.38. The minimum atomic E-state index is -0.137. The van der Waals surface area contributed by atoms with Gasteiger partial charge in [0, 0.05) is 37.8 Å². The maximum Gasteiger partial charge on any atom is 0.256 e. The SMILES string of the molecule is Cn1cc(CCC(=O)Nc2ccc(Cl)cc2C(=O)N2CCCC2)cn1. The first-order valence-corrected chi connectivity index (χ1v) is 8.77. The zero-order valence-electron chi connectivity index (χ0n) is 14.2. The third-order valence-electron chi connectivity index (χ3n) is 4.28. The summed E-state index contributed by atoms with van der Waals surface area (Å²) in [5.41, 5.74) is 1.96. The van der Waals surface area contributed by atoms with E-state index in [1.807, 2.05) is 13.2 Å². The van der Waals surface area contributed by atoms with Gasteiger partial charge in [-0.2, -0.15) is 5.10 Å². The molecule has 132 valence electrons. The number of benzene rings is 1. The van der Waals surface area contributed by atoms with E-state index in [4.69, 9.17) is 11.6 Å². The van der Waals surface area contributed by atoms with Gasteiger partial charge in [0.15, 0.2) is 0 Å². The lowest BCUT2D eigenvalue weighted by atomic mass is 10.1. The Balaban J connectivity index is 1.68. The van der Waals surface area contributed by atoms with Crippen molar-refractivity contribution in [2.75, 3.05) is 18.4 Å². The summed E-state index contributed by atoms with van der Waals surface area (Å²) in [5.74, 6) is -0.218. The van der Waals surface area contributed by atoms with Crippen molar-refractivity contribution in [3.63, 3.8) is 0 Å². The second kappa shape index (κ2) is 7.70. The van der Waals surface area contributed by atoms with E-state index in [1.165, 1.54) is 0 Å². The van der Waals surface area contributed by atoms with Gasteiger partial charge in [0.1, 0.15) is 0 Å². The van der Waals surface area contributed by atoms with Crippen molar-refractivity contribution in [3.8, 4) is 0 Å². The molecule has 6 nitrogen and oxygen atoms in total. The van der Waals surface area contributed by atoms with Crippen LogP contribution < -0.4 is 5.32 Å². The topological polar surface area (TPSA) is 67.2 Å². The van der Waals surface area contributed by atoms with E-state index in [-0.39, 0.29) is 11.8 Å². The van der Waals surface area contributed by atoms with Gasteiger partial charge in [0.05, 0.1) is 17.4 Å². The molecular weight excluding hydrogens is 340 g/mol. The molecule has 1 aliphatic heterocycles. The number of carbonyl (C=O) groups excluding carboxylic acids is 2. The first-order chi connectivity index (χ1) is 12.0. The van der Waals surface area contributed by atoms with Crippen molar-refractivity contribution in [1.82, 2.24) is 14.7 Å². The van der Waals surface area contributed by atoms with Crippen molar-refractivity contribution >= 4 is 29.1 Å². The van der Waals surface area contributed by atoms with Gasteiger partial charge >= 0.3 is 0 Å². The molecule has 3 rings (SSSR count). The number of nitrogens with one attached hydrogen (secondary N) is 1. The van der Waals surface area contributed by atoms with E-state index in [0.29, 0.717) is 29.1 Å². The highest BCUT2D eigenvalue weighted by Crippen LogP contribution is 2.24. The quantitative estimate of drug-likeness (QED) is 0.891. The molecule has 1 aromatic carbocycles. The van der Waals surface area contributed by atoms with Crippen LogP contribution in [-0.4, -0.2) is 39.6 Å². The first-order valence-electron chi connectivity index (χ1n) is 8.39. The number of likely N-dealkylation sites (tertiary alicyclic amines) is 1. The van der Waals surface area contributed by atoms with Crippen molar-refractivity contribution in [1.29, 1.82) is 0 Å². The second-order valence-corrected chi connectivity index (χ2v) is 6.70. The maximum absolute atomic E-state index is 12.7. The maximum atomic E-state index is 12.7.